The van der Waals surface area contributed by atoms with Crippen molar-refractivity contribution in [1.82, 2.24) is 9.80 Å². The molecule has 28 heavy (non-hydrogen) atoms. The van der Waals surface area contributed by atoms with Crippen molar-refractivity contribution in [2.45, 2.75) is 32.0 Å². The van der Waals surface area contributed by atoms with Gasteiger partial charge < -0.3 is 9.64 Å². The number of hydrogen-bond donors (Lipinski definition) is 0. The first-order valence-electron chi connectivity index (χ1n) is 9.57. The summed E-state index contributed by atoms with van der Waals surface area (Å²) in [6.45, 7) is 2.17. The Hall–Kier alpha value is -2.31. The van der Waals surface area contributed by atoms with Crippen LogP contribution in [0.2, 0.25) is 0 Å². The van der Waals surface area contributed by atoms with Crippen LogP contribution in [0.25, 0.3) is 0 Å². The van der Waals surface area contributed by atoms with Crippen LogP contribution in [0, 0.1) is 11.6 Å². The van der Waals surface area contributed by atoms with E-state index in [1.165, 1.54) is 23.1 Å². The van der Waals surface area contributed by atoms with Crippen molar-refractivity contribution in [2.75, 3.05) is 26.7 Å². The number of amides is 1. The van der Waals surface area contributed by atoms with Gasteiger partial charge in [-0.15, -0.1) is 0 Å². The van der Waals surface area contributed by atoms with Gasteiger partial charge in [0.1, 0.15) is 11.6 Å². The zero-order valence-electron chi connectivity index (χ0n) is 16.1. The number of hydrogen-bond acceptors (Lipinski definition) is 3. The molecule has 0 N–H and O–H groups in total. The molecule has 2 aromatic carbocycles. The van der Waals surface area contributed by atoms with E-state index in [9.17, 15) is 13.6 Å². The van der Waals surface area contributed by atoms with E-state index in [1.54, 1.807) is 31.3 Å². The van der Waals surface area contributed by atoms with Crippen LogP contribution in [-0.4, -0.2) is 48.6 Å². The Bertz CT molecular complexity index is 794. The Morgan fingerprint density at radius 1 is 1.14 bits per heavy atom. The molecule has 1 heterocycles. The first kappa shape index (κ1) is 20.4. The van der Waals surface area contributed by atoms with Gasteiger partial charge in [-0.2, -0.15) is 0 Å². The molecule has 0 aromatic heterocycles. The quantitative estimate of drug-likeness (QED) is 0.693. The average molecular weight is 388 g/mol. The molecule has 0 bridgehead atoms. The molecule has 1 fully saturated rings. The van der Waals surface area contributed by atoms with E-state index in [0.29, 0.717) is 18.7 Å². The minimum Gasteiger partial charge on any atom is -0.377 e. The lowest BCUT2D eigenvalue weighted by Crippen LogP contribution is -2.41. The maximum absolute atomic E-state index is 13.9. The van der Waals surface area contributed by atoms with Gasteiger partial charge in [0, 0.05) is 38.9 Å². The average Bonchev–Trinajstić information content (AvgIpc) is 3.16. The van der Waals surface area contributed by atoms with E-state index in [4.69, 9.17) is 4.74 Å². The monoisotopic (exact) mass is 388 g/mol. The SMILES string of the molecule is CN(Cc1ccccc1F)C(=O)CN(Cc1cccc(F)c1)CC1CCCO1. The number of benzene rings is 2. The maximum atomic E-state index is 13.9. The van der Waals surface area contributed by atoms with Crippen molar-refractivity contribution < 1.29 is 18.3 Å². The topological polar surface area (TPSA) is 32.8 Å². The van der Waals surface area contributed by atoms with Gasteiger partial charge in [-0.05, 0) is 36.6 Å². The van der Waals surface area contributed by atoms with E-state index in [2.05, 4.69) is 0 Å². The van der Waals surface area contributed by atoms with Crippen molar-refractivity contribution in [2.24, 2.45) is 0 Å². The fraction of sp³-hybridized carbons (Fsp3) is 0.409. The van der Waals surface area contributed by atoms with Crippen LogP contribution in [-0.2, 0) is 22.6 Å². The van der Waals surface area contributed by atoms with E-state index >= 15 is 0 Å². The van der Waals surface area contributed by atoms with Gasteiger partial charge in [0.15, 0.2) is 0 Å². The predicted molar refractivity (Wildman–Crippen MR) is 104 cm³/mol. The number of rotatable bonds is 8. The fourth-order valence-corrected chi connectivity index (χ4v) is 3.44. The Balaban J connectivity index is 1.64. The van der Waals surface area contributed by atoms with Crippen LogP contribution in [0.4, 0.5) is 8.78 Å². The molecule has 1 atom stereocenters. The van der Waals surface area contributed by atoms with Gasteiger partial charge in [0.2, 0.25) is 5.91 Å². The summed E-state index contributed by atoms with van der Waals surface area (Å²) in [5.74, 6) is -0.728. The van der Waals surface area contributed by atoms with Crippen molar-refractivity contribution in [3.8, 4) is 0 Å². The summed E-state index contributed by atoms with van der Waals surface area (Å²) < 4.78 is 33.1. The third kappa shape index (κ3) is 5.84. The fourth-order valence-electron chi connectivity index (χ4n) is 3.44. The van der Waals surface area contributed by atoms with Crippen molar-refractivity contribution in [3.63, 3.8) is 0 Å². The molecule has 1 unspecified atom stereocenters. The van der Waals surface area contributed by atoms with Crippen molar-refractivity contribution in [1.29, 1.82) is 0 Å². The summed E-state index contributed by atoms with van der Waals surface area (Å²) in [4.78, 5) is 16.2. The Labute approximate surface area is 164 Å². The second kappa shape index (κ2) is 9.75. The van der Waals surface area contributed by atoms with Crippen LogP contribution < -0.4 is 0 Å². The predicted octanol–water partition coefficient (Wildman–Crippen LogP) is 3.60. The highest BCUT2D eigenvalue weighted by Gasteiger charge is 2.22. The summed E-state index contributed by atoms with van der Waals surface area (Å²) in [6.07, 6.45) is 2.05. The van der Waals surface area contributed by atoms with Crippen LogP contribution >= 0.6 is 0 Å². The van der Waals surface area contributed by atoms with Gasteiger partial charge in [-0.3, -0.25) is 9.69 Å². The van der Waals surface area contributed by atoms with E-state index < -0.39 is 0 Å². The zero-order valence-corrected chi connectivity index (χ0v) is 16.1. The molecule has 1 saturated heterocycles. The minimum absolute atomic E-state index is 0.0817. The molecule has 1 aliphatic heterocycles. The molecule has 1 aliphatic rings. The summed E-state index contributed by atoms with van der Waals surface area (Å²) in [5, 5.41) is 0. The first-order valence-corrected chi connectivity index (χ1v) is 9.57. The lowest BCUT2D eigenvalue weighted by Gasteiger charge is -2.27. The lowest BCUT2D eigenvalue weighted by molar-refractivity contribution is -0.132. The van der Waals surface area contributed by atoms with Gasteiger partial charge in [0.25, 0.3) is 0 Å². The number of nitrogens with zero attached hydrogens (tertiary/aromatic N) is 2. The smallest absolute Gasteiger partial charge is 0.236 e. The molecule has 0 spiro atoms. The number of ether oxygens (including phenoxy) is 1. The molecule has 3 rings (SSSR count). The van der Waals surface area contributed by atoms with Gasteiger partial charge in [-0.1, -0.05) is 30.3 Å². The highest BCUT2D eigenvalue weighted by atomic mass is 19.1. The van der Waals surface area contributed by atoms with Crippen LogP contribution in [0.3, 0.4) is 0 Å². The van der Waals surface area contributed by atoms with Gasteiger partial charge in [0.05, 0.1) is 12.6 Å². The van der Waals surface area contributed by atoms with Gasteiger partial charge in [-0.25, -0.2) is 8.78 Å². The molecule has 4 nitrogen and oxygen atoms in total. The highest BCUT2D eigenvalue weighted by Crippen LogP contribution is 2.16. The van der Waals surface area contributed by atoms with E-state index in [0.717, 1.165) is 25.0 Å². The molecule has 1 amide bonds. The van der Waals surface area contributed by atoms with Crippen LogP contribution in [0.1, 0.15) is 24.0 Å². The molecule has 0 saturated carbocycles. The highest BCUT2D eigenvalue weighted by molar-refractivity contribution is 5.78. The molecular formula is C22H26F2N2O2. The number of likely N-dealkylation sites (N-methyl/N-ethyl adjacent to an activating group) is 1. The molecule has 0 aliphatic carbocycles. The normalized spacial score (nSPS) is 16.5. The van der Waals surface area contributed by atoms with Crippen LogP contribution in [0.15, 0.2) is 48.5 Å². The minimum atomic E-state index is -0.321. The second-order valence-corrected chi connectivity index (χ2v) is 7.28. The Morgan fingerprint density at radius 2 is 1.96 bits per heavy atom. The molecular weight excluding hydrogens is 362 g/mol. The van der Waals surface area contributed by atoms with E-state index in [-0.39, 0.29) is 36.7 Å². The summed E-state index contributed by atoms with van der Waals surface area (Å²) >= 11 is 0. The summed E-state index contributed by atoms with van der Waals surface area (Å²) in [7, 11) is 1.67. The third-order valence-corrected chi connectivity index (χ3v) is 4.93. The summed E-state index contributed by atoms with van der Waals surface area (Å²) in [5.41, 5.74) is 1.29. The van der Waals surface area contributed by atoms with E-state index in [1.807, 2.05) is 11.0 Å². The molecule has 2 aromatic rings. The second-order valence-electron chi connectivity index (χ2n) is 7.28. The Morgan fingerprint density at radius 3 is 2.68 bits per heavy atom. The number of carbonyl (C=O) groups excluding carboxylic acids is 1. The largest absolute Gasteiger partial charge is 0.377 e. The van der Waals surface area contributed by atoms with Gasteiger partial charge >= 0.3 is 0 Å². The first-order chi connectivity index (χ1) is 13.5. The number of halogens is 2. The Kier molecular flexibility index (Phi) is 7.12. The van der Waals surface area contributed by atoms with Crippen LogP contribution in [0.5, 0.6) is 0 Å². The molecule has 6 heteroatoms. The van der Waals surface area contributed by atoms with Crippen molar-refractivity contribution in [3.05, 3.63) is 71.3 Å². The number of carbonyl (C=O) groups is 1. The third-order valence-electron chi connectivity index (χ3n) is 4.93. The molecule has 0 radical (unpaired) electrons. The lowest BCUT2D eigenvalue weighted by atomic mass is 10.1. The standard InChI is InChI=1S/C22H26F2N2O2/c1-25(14-18-7-2-3-10-21(18)24)22(27)16-26(15-20-9-5-11-28-20)13-17-6-4-8-19(23)12-17/h2-4,6-8,10,12,20H,5,9,11,13-16H2,1H3. The molecule has 150 valence electrons. The zero-order chi connectivity index (χ0) is 19.9. The van der Waals surface area contributed by atoms with Crippen molar-refractivity contribution >= 4 is 5.91 Å². The maximum Gasteiger partial charge on any atom is 0.236 e. The summed E-state index contributed by atoms with van der Waals surface area (Å²) in [6, 6.07) is 12.8.